The lowest BCUT2D eigenvalue weighted by Crippen LogP contribution is -2.19. The number of anilines is 2. The van der Waals surface area contributed by atoms with Gasteiger partial charge in [-0.25, -0.2) is 4.98 Å². The van der Waals surface area contributed by atoms with Crippen LogP contribution in [0, 0.1) is 0 Å². The van der Waals surface area contributed by atoms with Gasteiger partial charge >= 0.3 is 0 Å². The number of nitrogens with one attached hydrogen (secondary N) is 1. The Morgan fingerprint density at radius 1 is 1.24 bits per heavy atom. The summed E-state index contributed by atoms with van der Waals surface area (Å²) >= 11 is 1.76. The molecule has 1 unspecified atom stereocenters. The monoisotopic (exact) mass is 308 g/mol. The highest BCUT2D eigenvalue weighted by atomic mass is 32.2. The van der Waals surface area contributed by atoms with Gasteiger partial charge < -0.3 is 20.5 Å². The number of hydrogen-bond donors (Lipinski definition) is 2. The molecule has 7 heteroatoms. The minimum atomic E-state index is 0.261. The molecule has 2 aromatic rings. The van der Waals surface area contributed by atoms with E-state index >= 15 is 0 Å². The third kappa shape index (κ3) is 3.41. The van der Waals surface area contributed by atoms with Crippen LogP contribution in [0.4, 0.5) is 11.8 Å². The van der Waals surface area contributed by atoms with Crippen LogP contribution in [0.2, 0.25) is 0 Å². The molecule has 6 nitrogen and oxygen atoms in total. The lowest BCUT2D eigenvalue weighted by Gasteiger charge is -2.14. The molecule has 0 saturated heterocycles. The SMILES string of the molecule is COc1cc2nc(NC(C)CSC)nc(N)c2cc1OC. The fourth-order valence-electron chi connectivity index (χ4n) is 2.06. The van der Waals surface area contributed by atoms with E-state index in [4.69, 9.17) is 15.2 Å². The topological polar surface area (TPSA) is 82.3 Å². The van der Waals surface area contributed by atoms with Crippen LogP contribution in [0.5, 0.6) is 11.5 Å². The van der Waals surface area contributed by atoms with Crippen LogP contribution in [0.3, 0.4) is 0 Å². The number of fused-ring (bicyclic) bond motifs is 1. The molecule has 0 fully saturated rings. The highest BCUT2D eigenvalue weighted by Gasteiger charge is 2.12. The van der Waals surface area contributed by atoms with Gasteiger partial charge in [0.05, 0.1) is 19.7 Å². The molecule has 0 bridgehead atoms. The minimum Gasteiger partial charge on any atom is -0.493 e. The molecule has 0 aliphatic carbocycles. The number of thioether (sulfide) groups is 1. The van der Waals surface area contributed by atoms with Crippen LogP contribution in [0.25, 0.3) is 10.9 Å². The number of nitrogens with two attached hydrogens (primary N) is 1. The zero-order valence-corrected chi connectivity index (χ0v) is 13.5. The Kier molecular flexibility index (Phi) is 4.95. The van der Waals surface area contributed by atoms with E-state index in [9.17, 15) is 0 Å². The lowest BCUT2D eigenvalue weighted by molar-refractivity contribution is 0.356. The molecule has 1 aromatic heterocycles. The van der Waals surface area contributed by atoms with Crippen molar-refractivity contribution in [1.82, 2.24) is 9.97 Å². The van der Waals surface area contributed by atoms with Gasteiger partial charge in [0.1, 0.15) is 5.82 Å². The fraction of sp³-hybridized carbons (Fsp3) is 0.429. The number of aromatic nitrogens is 2. The van der Waals surface area contributed by atoms with Crippen molar-refractivity contribution in [3.8, 4) is 11.5 Å². The smallest absolute Gasteiger partial charge is 0.225 e. The first-order valence-electron chi connectivity index (χ1n) is 6.53. The Morgan fingerprint density at radius 2 is 1.90 bits per heavy atom. The second-order valence-electron chi connectivity index (χ2n) is 4.66. The molecule has 3 N–H and O–H groups in total. The average Bonchev–Trinajstić information content (AvgIpc) is 2.46. The number of ether oxygens (including phenoxy) is 2. The minimum absolute atomic E-state index is 0.261. The summed E-state index contributed by atoms with van der Waals surface area (Å²) in [6, 6.07) is 3.85. The predicted molar refractivity (Wildman–Crippen MR) is 88.5 cm³/mol. The molecule has 0 spiro atoms. The predicted octanol–water partition coefficient (Wildman–Crippen LogP) is 2.39. The zero-order chi connectivity index (χ0) is 15.4. The van der Waals surface area contributed by atoms with Gasteiger partial charge in [-0.1, -0.05) is 0 Å². The van der Waals surface area contributed by atoms with Crippen molar-refractivity contribution >= 4 is 34.4 Å². The molecular formula is C14H20N4O2S. The van der Waals surface area contributed by atoms with Crippen molar-refractivity contribution in [2.45, 2.75) is 13.0 Å². The van der Waals surface area contributed by atoms with Crippen LogP contribution in [-0.4, -0.2) is 42.2 Å². The molecule has 0 aliphatic heterocycles. The van der Waals surface area contributed by atoms with Crippen LogP contribution >= 0.6 is 11.8 Å². The number of hydrogen-bond acceptors (Lipinski definition) is 7. The average molecular weight is 308 g/mol. The second-order valence-corrected chi connectivity index (χ2v) is 5.57. The second kappa shape index (κ2) is 6.71. The van der Waals surface area contributed by atoms with Crippen molar-refractivity contribution in [1.29, 1.82) is 0 Å². The molecular weight excluding hydrogens is 288 g/mol. The van der Waals surface area contributed by atoms with E-state index < -0.39 is 0 Å². The van der Waals surface area contributed by atoms with E-state index in [1.54, 1.807) is 38.1 Å². The number of nitrogens with zero attached hydrogens (tertiary/aromatic N) is 2. The molecule has 0 radical (unpaired) electrons. The van der Waals surface area contributed by atoms with Gasteiger partial charge in [-0.05, 0) is 19.2 Å². The maximum absolute atomic E-state index is 6.03. The Hall–Kier alpha value is -1.89. The van der Waals surface area contributed by atoms with Crippen LogP contribution in [0.1, 0.15) is 6.92 Å². The summed E-state index contributed by atoms with van der Waals surface area (Å²) in [4.78, 5) is 8.80. The molecule has 1 aromatic carbocycles. The standard InChI is InChI=1S/C14H20N4O2S/c1-8(7-21-4)16-14-17-10-6-12(20-3)11(19-2)5-9(10)13(15)18-14/h5-6,8H,7H2,1-4H3,(H3,15,16,17,18). The highest BCUT2D eigenvalue weighted by Crippen LogP contribution is 2.33. The molecule has 0 amide bonds. The van der Waals surface area contributed by atoms with Crippen molar-refractivity contribution in [2.24, 2.45) is 0 Å². The Balaban J connectivity index is 2.44. The molecule has 21 heavy (non-hydrogen) atoms. The summed E-state index contributed by atoms with van der Waals surface area (Å²) < 4.78 is 10.6. The number of benzene rings is 1. The highest BCUT2D eigenvalue weighted by molar-refractivity contribution is 7.98. The number of rotatable bonds is 6. The molecule has 114 valence electrons. The number of nitrogen functional groups attached to an aromatic ring is 1. The van der Waals surface area contributed by atoms with E-state index in [1.807, 2.05) is 0 Å². The van der Waals surface area contributed by atoms with Gasteiger partial charge in [0.2, 0.25) is 5.95 Å². The quantitative estimate of drug-likeness (QED) is 0.847. The Labute approximate surface area is 128 Å². The maximum atomic E-state index is 6.03. The summed E-state index contributed by atoms with van der Waals surface area (Å²) in [6.07, 6.45) is 2.06. The van der Waals surface area contributed by atoms with Crippen molar-refractivity contribution in [3.05, 3.63) is 12.1 Å². The molecule has 2 rings (SSSR count). The number of methoxy groups -OCH3 is 2. The van der Waals surface area contributed by atoms with Gasteiger partial charge in [-0.15, -0.1) is 0 Å². The van der Waals surface area contributed by atoms with Crippen molar-refractivity contribution < 1.29 is 9.47 Å². The van der Waals surface area contributed by atoms with E-state index in [-0.39, 0.29) is 6.04 Å². The first-order valence-corrected chi connectivity index (χ1v) is 7.93. The van der Waals surface area contributed by atoms with Crippen molar-refractivity contribution in [2.75, 3.05) is 37.3 Å². The molecule has 0 saturated carbocycles. The van der Waals surface area contributed by atoms with Gasteiger partial charge in [0.25, 0.3) is 0 Å². The van der Waals surface area contributed by atoms with Crippen LogP contribution < -0.4 is 20.5 Å². The zero-order valence-electron chi connectivity index (χ0n) is 12.6. The van der Waals surface area contributed by atoms with Gasteiger partial charge in [0.15, 0.2) is 11.5 Å². The summed E-state index contributed by atoms with van der Waals surface area (Å²) in [6.45, 7) is 2.08. The van der Waals surface area contributed by atoms with Gasteiger partial charge in [-0.2, -0.15) is 16.7 Å². The van der Waals surface area contributed by atoms with Gasteiger partial charge in [-0.3, -0.25) is 0 Å². The maximum Gasteiger partial charge on any atom is 0.225 e. The summed E-state index contributed by atoms with van der Waals surface area (Å²) in [5, 5.41) is 3.99. The van der Waals surface area contributed by atoms with Crippen LogP contribution in [0.15, 0.2) is 12.1 Å². The summed E-state index contributed by atoms with van der Waals surface area (Å²) in [7, 11) is 3.18. The Bertz CT molecular complexity index is 636. The molecule has 1 heterocycles. The summed E-state index contributed by atoms with van der Waals surface area (Å²) in [5.41, 5.74) is 6.75. The third-order valence-corrected chi connectivity index (χ3v) is 3.86. The fourth-order valence-corrected chi connectivity index (χ4v) is 2.64. The summed E-state index contributed by atoms with van der Waals surface area (Å²) in [5.74, 6) is 3.13. The first-order chi connectivity index (χ1) is 10.1. The Morgan fingerprint density at radius 3 is 2.52 bits per heavy atom. The normalized spacial score (nSPS) is 12.2. The van der Waals surface area contributed by atoms with E-state index in [0.29, 0.717) is 23.3 Å². The van der Waals surface area contributed by atoms with E-state index in [0.717, 1.165) is 16.7 Å². The molecule has 1 atom stereocenters. The molecule has 0 aliphatic rings. The lowest BCUT2D eigenvalue weighted by atomic mass is 10.2. The first kappa shape index (κ1) is 15.5. The third-order valence-electron chi connectivity index (χ3n) is 3.02. The van der Waals surface area contributed by atoms with Crippen molar-refractivity contribution in [3.63, 3.8) is 0 Å². The van der Waals surface area contributed by atoms with E-state index in [1.165, 1.54) is 0 Å². The van der Waals surface area contributed by atoms with Gasteiger partial charge in [0, 0.05) is 23.2 Å². The van der Waals surface area contributed by atoms with Crippen LogP contribution in [-0.2, 0) is 0 Å². The largest absolute Gasteiger partial charge is 0.493 e. The van der Waals surface area contributed by atoms with E-state index in [2.05, 4.69) is 28.5 Å².